The first-order chi connectivity index (χ1) is 14.6. The van der Waals surface area contributed by atoms with E-state index in [0.29, 0.717) is 11.6 Å². The van der Waals surface area contributed by atoms with Crippen molar-refractivity contribution in [3.63, 3.8) is 0 Å². The summed E-state index contributed by atoms with van der Waals surface area (Å²) in [6, 6.07) is 14.5. The second-order valence-corrected chi connectivity index (χ2v) is 8.24. The second-order valence-electron chi connectivity index (χ2n) is 7.87. The molecule has 8 heteroatoms. The summed E-state index contributed by atoms with van der Waals surface area (Å²) in [7, 11) is 0. The molecular weight excluding hydrogens is 398 g/mol. The monoisotopic (exact) mass is 423 g/mol. The zero-order chi connectivity index (χ0) is 20.5. The average Bonchev–Trinajstić information content (AvgIpc) is 3.36. The molecule has 0 radical (unpaired) electrons. The minimum Gasteiger partial charge on any atom is -0.454 e. The van der Waals surface area contributed by atoms with Crippen molar-refractivity contribution in [3.05, 3.63) is 58.4 Å². The van der Waals surface area contributed by atoms with E-state index < -0.39 is 0 Å². The SMILES string of the molecule is Cc1ccc(-c2nc(=S)n(CN3CCN(Cc4ccc5c(c4)OCO5)CC3)[nH]2)cc1. The number of fused-ring (bicyclic) bond motifs is 1. The van der Waals surface area contributed by atoms with Crippen LogP contribution in [0.4, 0.5) is 0 Å². The molecule has 0 amide bonds. The number of H-pyrrole nitrogens is 1. The molecule has 1 saturated heterocycles. The standard InChI is InChI=1S/C22H25N5O2S/c1-16-2-5-18(6-3-16)21-23-22(30)27(24-21)14-26-10-8-25(9-11-26)13-17-4-7-19-20(12-17)29-15-28-19/h2-7,12H,8-11,13-15H2,1H3,(H,23,24,30). The molecule has 7 nitrogen and oxygen atoms in total. The summed E-state index contributed by atoms with van der Waals surface area (Å²) in [5.41, 5.74) is 3.54. The van der Waals surface area contributed by atoms with Crippen LogP contribution in [0.25, 0.3) is 11.4 Å². The Labute approximate surface area is 180 Å². The lowest BCUT2D eigenvalue weighted by atomic mass is 10.1. The molecular formula is C22H25N5O2S. The molecule has 5 rings (SSSR count). The average molecular weight is 424 g/mol. The van der Waals surface area contributed by atoms with Crippen LogP contribution in [-0.2, 0) is 13.2 Å². The minimum absolute atomic E-state index is 0.319. The van der Waals surface area contributed by atoms with Crippen molar-refractivity contribution in [3.8, 4) is 22.9 Å². The van der Waals surface area contributed by atoms with Crippen molar-refractivity contribution < 1.29 is 9.47 Å². The molecule has 1 fully saturated rings. The Morgan fingerprint density at radius 3 is 2.50 bits per heavy atom. The van der Waals surface area contributed by atoms with Crippen molar-refractivity contribution in [2.75, 3.05) is 33.0 Å². The third-order valence-corrected chi connectivity index (χ3v) is 5.97. The fourth-order valence-electron chi connectivity index (χ4n) is 3.88. The number of nitrogens with one attached hydrogen (secondary N) is 1. The van der Waals surface area contributed by atoms with Crippen LogP contribution in [0, 0.1) is 11.7 Å². The quantitative estimate of drug-likeness (QED) is 0.635. The molecule has 0 saturated carbocycles. The molecule has 2 aliphatic rings. The first-order valence-corrected chi connectivity index (χ1v) is 10.6. The van der Waals surface area contributed by atoms with Gasteiger partial charge in [0.2, 0.25) is 11.6 Å². The van der Waals surface area contributed by atoms with Gasteiger partial charge in [-0.25, -0.2) is 4.68 Å². The van der Waals surface area contributed by atoms with Crippen LogP contribution in [-0.4, -0.2) is 57.5 Å². The number of hydrogen-bond donors (Lipinski definition) is 1. The van der Waals surface area contributed by atoms with E-state index in [2.05, 4.69) is 63.2 Å². The summed E-state index contributed by atoms with van der Waals surface area (Å²) >= 11 is 5.48. The van der Waals surface area contributed by atoms with Crippen LogP contribution in [0.5, 0.6) is 11.5 Å². The zero-order valence-corrected chi connectivity index (χ0v) is 17.8. The number of hydrogen-bond acceptors (Lipinski definition) is 6. The van der Waals surface area contributed by atoms with Gasteiger partial charge in [0, 0.05) is 38.3 Å². The third kappa shape index (κ3) is 4.12. The predicted molar refractivity (Wildman–Crippen MR) is 117 cm³/mol. The van der Waals surface area contributed by atoms with Gasteiger partial charge in [-0.15, -0.1) is 0 Å². The van der Waals surface area contributed by atoms with E-state index in [9.17, 15) is 0 Å². The van der Waals surface area contributed by atoms with Gasteiger partial charge in [0.15, 0.2) is 17.3 Å². The summed E-state index contributed by atoms with van der Waals surface area (Å²) in [6.45, 7) is 8.06. The number of piperazine rings is 1. The maximum absolute atomic E-state index is 5.49. The lowest BCUT2D eigenvalue weighted by molar-refractivity contribution is 0.0982. The minimum atomic E-state index is 0.319. The van der Waals surface area contributed by atoms with Crippen molar-refractivity contribution in [1.29, 1.82) is 0 Å². The van der Waals surface area contributed by atoms with E-state index in [-0.39, 0.29) is 0 Å². The van der Waals surface area contributed by atoms with Crippen molar-refractivity contribution >= 4 is 12.2 Å². The highest BCUT2D eigenvalue weighted by Crippen LogP contribution is 2.32. The van der Waals surface area contributed by atoms with E-state index in [1.165, 1.54) is 11.1 Å². The molecule has 1 aromatic heterocycles. The number of rotatable bonds is 5. The third-order valence-electron chi connectivity index (χ3n) is 5.65. The largest absolute Gasteiger partial charge is 0.454 e. The fraction of sp³-hybridized carbons (Fsp3) is 0.364. The van der Waals surface area contributed by atoms with Crippen molar-refractivity contribution in [1.82, 2.24) is 24.6 Å². The Balaban J connectivity index is 1.17. The maximum atomic E-state index is 5.49. The van der Waals surface area contributed by atoms with Gasteiger partial charge in [-0.3, -0.25) is 14.9 Å². The highest BCUT2D eigenvalue weighted by atomic mass is 32.1. The molecule has 3 aromatic rings. The Bertz CT molecular complexity index is 1080. The van der Waals surface area contributed by atoms with Gasteiger partial charge < -0.3 is 9.47 Å². The van der Waals surface area contributed by atoms with Crippen molar-refractivity contribution in [2.45, 2.75) is 20.1 Å². The van der Waals surface area contributed by atoms with Gasteiger partial charge in [0.1, 0.15) is 0 Å². The maximum Gasteiger partial charge on any atom is 0.231 e. The summed E-state index contributed by atoms with van der Waals surface area (Å²) in [6.07, 6.45) is 0. The number of aromatic nitrogens is 3. The Morgan fingerprint density at radius 2 is 1.70 bits per heavy atom. The molecule has 3 heterocycles. The van der Waals surface area contributed by atoms with Gasteiger partial charge in [-0.05, 0) is 36.8 Å². The van der Waals surface area contributed by atoms with Crippen LogP contribution in [0.3, 0.4) is 0 Å². The number of ether oxygens (including phenoxy) is 2. The van der Waals surface area contributed by atoms with Crippen LogP contribution < -0.4 is 9.47 Å². The van der Waals surface area contributed by atoms with E-state index in [1.807, 2.05) is 10.7 Å². The van der Waals surface area contributed by atoms with Gasteiger partial charge in [0.25, 0.3) is 0 Å². The number of benzene rings is 2. The lowest BCUT2D eigenvalue weighted by Gasteiger charge is -2.34. The van der Waals surface area contributed by atoms with Crippen LogP contribution >= 0.6 is 12.2 Å². The smallest absolute Gasteiger partial charge is 0.231 e. The predicted octanol–water partition coefficient (Wildman–Crippen LogP) is 3.42. The van der Waals surface area contributed by atoms with Crippen molar-refractivity contribution in [2.24, 2.45) is 0 Å². The normalized spacial score (nSPS) is 16.8. The number of aromatic amines is 1. The molecule has 1 N–H and O–H groups in total. The van der Waals surface area contributed by atoms with Crippen LogP contribution in [0.15, 0.2) is 42.5 Å². The lowest BCUT2D eigenvalue weighted by Crippen LogP contribution is -2.46. The molecule has 0 atom stereocenters. The molecule has 0 unspecified atom stereocenters. The topological polar surface area (TPSA) is 58.6 Å². The summed E-state index contributed by atoms with van der Waals surface area (Å²) < 4.78 is 13.4. The summed E-state index contributed by atoms with van der Waals surface area (Å²) in [5, 5.41) is 3.36. The van der Waals surface area contributed by atoms with Crippen LogP contribution in [0.1, 0.15) is 11.1 Å². The zero-order valence-electron chi connectivity index (χ0n) is 17.0. The highest BCUT2D eigenvalue weighted by molar-refractivity contribution is 7.71. The van der Waals surface area contributed by atoms with Gasteiger partial charge in [-0.2, -0.15) is 4.98 Å². The van der Waals surface area contributed by atoms with E-state index in [0.717, 1.165) is 62.3 Å². The molecule has 0 spiro atoms. The fourth-order valence-corrected chi connectivity index (χ4v) is 4.07. The molecule has 156 valence electrons. The second kappa shape index (κ2) is 8.22. The highest BCUT2D eigenvalue weighted by Gasteiger charge is 2.19. The van der Waals surface area contributed by atoms with Crippen LogP contribution in [0.2, 0.25) is 0 Å². The molecule has 2 aromatic carbocycles. The Hall–Kier alpha value is -2.68. The van der Waals surface area contributed by atoms with Gasteiger partial charge in [0.05, 0.1) is 6.67 Å². The molecule has 0 bridgehead atoms. The van der Waals surface area contributed by atoms with E-state index >= 15 is 0 Å². The van der Waals surface area contributed by atoms with Gasteiger partial charge >= 0.3 is 0 Å². The first-order valence-electron chi connectivity index (χ1n) is 10.2. The Kier molecular flexibility index (Phi) is 5.28. The summed E-state index contributed by atoms with van der Waals surface area (Å²) in [4.78, 5) is 9.41. The summed E-state index contributed by atoms with van der Waals surface area (Å²) in [5.74, 6) is 2.51. The Morgan fingerprint density at radius 1 is 0.967 bits per heavy atom. The molecule has 30 heavy (non-hydrogen) atoms. The van der Waals surface area contributed by atoms with E-state index in [4.69, 9.17) is 21.7 Å². The van der Waals surface area contributed by atoms with Gasteiger partial charge in [-0.1, -0.05) is 35.9 Å². The number of nitrogens with zero attached hydrogens (tertiary/aromatic N) is 4. The number of aryl methyl sites for hydroxylation is 1. The van der Waals surface area contributed by atoms with E-state index in [1.54, 1.807) is 0 Å². The first kappa shape index (κ1) is 19.3. The molecule has 0 aliphatic carbocycles. The molecule has 2 aliphatic heterocycles.